The van der Waals surface area contributed by atoms with Gasteiger partial charge in [-0.25, -0.2) is 0 Å². The van der Waals surface area contributed by atoms with Gasteiger partial charge in [0.2, 0.25) is 5.91 Å². The van der Waals surface area contributed by atoms with E-state index < -0.39 is 23.2 Å². The number of rotatable bonds is 6. The lowest BCUT2D eigenvalue weighted by Gasteiger charge is -2.43. The molecule has 0 N–H and O–H groups in total. The Balaban J connectivity index is 1.53. The van der Waals surface area contributed by atoms with Gasteiger partial charge in [0.1, 0.15) is 18.0 Å². The van der Waals surface area contributed by atoms with E-state index in [2.05, 4.69) is 0 Å². The minimum Gasteiger partial charge on any atom is -0.490 e. The van der Waals surface area contributed by atoms with Crippen molar-refractivity contribution in [2.75, 3.05) is 39.4 Å². The van der Waals surface area contributed by atoms with Gasteiger partial charge < -0.3 is 19.3 Å². The molecule has 2 aliphatic heterocycles. The fourth-order valence-corrected chi connectivity index (χ4v) is 4.73. The van der Waals surface area contributed by atoms with Crippen molar-refractivity contribution < 1.29 is 32.2 Å². The second-order valence-corrected chi connectivity index (χ2v) is 9.63. The summed E-state index contributed by atoms with van der Waals surface area (Å²) in [4.78, 5) is 29.7. The van der Waals surface area contributed by atoms with Crippen LogP contribution in [0.25, 0.3) is 0 Å². The van der Waals surface area contributed by atoms with Crippen LogP contribution in [-0.2, 0) is 15.7 Å². The average Bonchev–Trinajstić information content (AvgIpc) is 2.87. The number of benzene rings is 2. The molecule has 0 aromatic heterocycles. The van der Waals surface area contributed by atoms with Crippen molar-refractivity contribution in [1.29, 1.82) is 0 Å². The molecule has 1 unspecified atom stereocenters. The van der Waals surface area contributed by atoms with Crippen LogP contribution in [0, 0.1) is 0 Å². The zero-order valence-corrected chi connectivity index (χ0v) is 20.5. The molecule has 2 heterocycles. The molecule has 2 saturated heterocycles. The zero-order chi connectivity index (χ0) is 25.8. The van der Waals surface area contributed by atoms with E-state index in [-0.39, 0.29) is 44.2 Å². The number of hydrogen-bond acceptors (Lipinski definition) is 4. The summed E-state index contributed by atoms with van der Waals surface area (Å²) in [5, 5.41) is 0.495. The average molecular weight is 525 g/mol. The van der Waals surface area contributed by atoms with Crippen LogP contribution in [0.3, 0.4) is 0 Å². The summed E-state index contributed by atoms with van der Waals surface area (Å²) in [7, 11) is 0. The minimum atomic E-state index is -4.48. The van der Waals surface area contributed by atoms with E-state index in [0.29, 0.717) is 23.9 Å². The molecule has 36 heavy (non-hydrogen) atoms. The predicted octanol–water partition coefficient (Wildman–Crippen LogP) is 5.05. The fourth-order valence-electron chi connectivity index (χ4n) is 4.55. The lowest BCUT2D eigenvalue weighted by atomic mass is 9.95. The van der Waals surface area contributed by atoms with Gasteiger partial charge in [-0.1, -0.05) is 17.7 Å². The third-order valence-corrected chi connectivity index (χ3v) is 6.71. The van der Waals surface area contributed by atoms with Crippen LogP contribution >= 0.6 is 11.6 Å². The van der Waals surface area contributed by atoms with Crippen molar-refractivity contribution in [2.24, 2.45) is 0 Å². The van der Waals surface area contributed by atoms with Gasteiger partial charge in [0.05, 0.1) is 25.1 Å². The van der Waals surface area contributed by atoms with E-state index in [1.165, 1.54) is 17.0 Å². The Kier molecular flexibility index (Phi) is 8.10. The Morgan fingerprint density at radius 2 is 1.72 bits per heavy atom. The minimum absolute atomic E-state index is 0.00368. The highest BCUT2D eigenvalue weighted by Crippen LogP contribution is 2.31. The number of carbonyl (C=O) groups excluding carboxylic acids is 2. The molecule has 4 rings (SSSR count). The number of piperidine rings is 1. The first kappa shape index (κ1) is 26.3. The largest absolute Gasteiger partial charge is 0.490 e. The van der Waals surface area contributed by atoms with Gasteiger partial charge in [-0.2, -0.15) is 13.2 Å². The molecule has 0 aliphatic carbocycles. The van der Waals surface area contributed by atoms with Gasteiger partial charge >= 0.3 is 6.18 Å². The summed E-state index contributed by atoms with van der Waals surface area (Å²) < 4.78 is 50.9. The molecule has 0 radical (unpaired) electrons. The number of alkyl halides is 3. The third kappa shape index (κ3) is 6.50. The van der Waals surface area contributed by atoms with Crippen LogP contribution in [0.2, 0.25) is 5.02 Å². The van der Waals surface area contributed by atoms with E-state index >= 15 is 0 Å². The quantitative estimate of drug-likeness (QED) is 0.530. The number of nitrogens with zero attached hydrogens (tertiary/aromatic N) is 2. The summed E-state index contributed by atoms with van der Waals surface area (Å²) in [6.45, 7) is 1.84. The lowest BCUT2D eigenvalue weighted by molar-refractivity contribution is -0.153. The van der Waals surface area contributed by atoms with E-state index in [4.69, 9.17) is 21.1 Å². The highest BCUT2D eigenvalue weighted by atomic mass is 35.5. The Hall–Kier alpha value is -2.78. The molecule has 0 spiro atoms. The topological polar surface area (TPSA) is 59.1 Å². The highest BCUT2D eigenvalue weighted by Gasteiger charge is 2.42. The monoisotopic (exact) mass is 524 g/mol. The Morgan fingerprint density at radius 3 is 2.39 bits per heavy atom. The molecule has 2 fully saturated rings. The van der Waals surface area contributed by atoms with Gasteiger partial charge in [0.25, 0.3) is 5.91 Å². The van der Waals surface area contributed by atoms with Gasteiger partial charge in [-0.05, 0) is 61.7 Å². The molecule has 6 nitrogen and oxygen atoms in total. The SMILES string of the molecule is O=C(CC1(COc2cccc(Cl)c2)CN(C(=O)c2ccc(C(F)(F)F)cc2)CCO1)N1CCCCC1. The molecule has 0 bridgehead atoms. The number of morpholine rings is 1. The maximum atomic E-state index is 13.2. The van der Waals surface area contributed by atoms with Gasteiger partial charge in [0.15, 0.2) is 0 Å². The number of ether oxygens (including phenoxy) is 2. The summed E-state index contributed by atoms with van der Waals surface area (Å²) in [6, 6.07) is 11.0. The molecule has 0 saturated carbocycles. The summed E-state index contributed by atoms with van der Waals surface area (Å²) in [5.74, 6) is -0.000106. The predicted molar refractivity (Wildman–Crippen MR) is 128 cm³/mol. The lowest BCUT2D eigenvalue weighted by Crippen LogP contribution is -2.58. The van der Waals surface area contributed by atoms with Crippen molar-refractivity contribution in [2.45, 2.75) is 37.5 Å². The Labute approximate surface area is 212 Å². The second-order valence-electron chi connectivity index (χ2n) is 9.20. The number of carbonyl (C=O) groups is 2. The molecule has 2 amide bonds. The molecule has 2 aromatic rings. The van der Waals surface area contributed by atoms with Crippen LogP contribution in [0.4, 0.5) is 13.2 Å². The van der Waals surface area contributed by atoms with Gasteiger partial charge in [-0.3, -0.25) is 9.59 Å². The first-order chi connectivity index (χ1) is 17.2. The Morgan fingerprint density at radius 1 is 1.00 bits per heavy atom. The first-order valence-electron chi connectivity index (χ1n) is 11.9. The van der Waals surface area contributed by atoms with Crippen molar-refractivity contribution >= 4 is 23.4 Å². The Bertz CT molecular complexity index is 1070. The molecule has 1 atom stereocenters. The number of hydrogen-bond donors (Lipinski definition) is 0. The van der Waals surface area contributed by atoms with Crippen LogP contribution in [-0.4, -0.2) is 66.6 Å². The van der Waals surface area contributed by atoms with Crippen molar-refractivity contribution in [3.8, 4) is 5.75 Å². The summed E-state index contributed by atoms with van der Waals surface area (Å²) in [6.07, 6.45) is -1.50. The molecule has 194 valence electrons. The number of amides is 2. The smallest absolute Gasteiger partial charge is 0.416 e. The third-order valence-electron chi connectivity index (χ3n) is 6.47. The summed E-state index contributed by atoms with van der Waals surface area (Å²) >= 11 is 6.06. The molecular weight excluding hydrogens is 497 g/mol. The van der Waals surface area contributed by atoms with E-state index in [1.54, 1.807) is 24.3 Å². The molecule has 10 heteroatoms. The molecular formula is C26H28ClF3N2O4. The van der Waals surface area contributed by atoms with E-state index in [1.807, 2.05) is 4.90 Å². The van der Waals surface area contributed by atoms with Gasteiger partial charge in [-0.15, -0.1) is 0 Å². The van der Waals surface area contributed by atoms with Crippen LogP contribution in [0.5, 0.6) is 5.75 Å². The normalized spacial score (nSPS) is 20.8. The molecule has 2 aromatic carbocycles. The maximum Gasteiger partial charge on any atom is 0.416 e. The highest BCUT2D eigenvalue weighted by molar-refractivity contribution is 6.30. The van der Waals surface area contributed by atoms with E-state index in [0.717, 1.165) is 31.4 Å². The summed E-state index contributed by atoms with van der Waals surface area (Å²) in [5.41, 5.74) is -1.80. The van der Waals surface area contributed by atoms with E-state index in [9.17, 15) is 22.8 Å². The van der Waals surface area contributed by atoms with Gasteiger partial charge in [0, 0.05) is 30.2 Å². The first-order valence-corrected chi connectivity index (χ1v) is 12.3. The second kappa shape index (κ2) is 11.1. The number of halogens is 4. The van der Waals surface area contributed by atoms with Crippen molar-refractivity contribution in [3.63, 3.8) is 0 Å². The number of likely N-dealkylation sites (tertiary alicyclic amines) is 1. The van der Waals surface area contributed by atoms with Crippen LogP contribution in [0.15, 0.2) is 48.5 Å². The van der Waals surface area contributed by atoms with Crippen molar-refractivity contribution in [1.82, 2.24) is 9.80 Å². The fraction of sp³-hybridized carbons (Fsp3) is 0.462. The molecule has 2 aliphatic rings. The standard InChI is InChI=1S/C26H28ClF3N2O4/c27-21-5-4-6-22(15-21)35-18-25(16-23(33)31-11-2-1-3-12-31)17-32(13-14-36-25)24(34)19-7-9-20(10-8-19)26(28,29)30/h4-10,15H,1-3,11-14,16-18H2. The maximum absolute atomic E-state index is 13.2. The van der Waals surface area contributed by atoms with Crippen molar-refractivity contribution in [3.05, 3.63) is 64.7 Å². The van der Waals surface area contributed by atoms with Crippen LogP contribution < -0.4 is 4.74 Å². The van der Waals surface area contributed by atoms with Crippen LogP contribution in [0.1, 0.15) is 41.6 Å². The zero-order valence-electron chi connectivity index (χ0n) is 19.7.